The molecule has 0 radical (unpaired) electrons. The number of rotatable bonds is 7. The molecule has 3 aromatic rings. The van der Waals surface area contributed by atoms with Crippen LogP contribution >= 0.6 is 23.2 Å². The highest BCUT2D eigenvalue weighted by Gasteiger charge is 2.24. The van der Waals surface area contributed by atoms with Crippen LogP contribution in [0.25, 0.3) is 11.1 Å². The van der Waals surface area contributed by atoms with E-state index in [4.69, 9.17) is 43.1 Å². The van der Waals surface area contributed by atoms with E-state index in [9.17, 15) is 0 Å². The highest BCUT2D eigenvalue weighted by Crippen LogP contribution is 2.45. The van der Waals surface area contributed by atoms with Gasteiger partial charge in [0.05, 0.1) is 36.5 Å². The summed E-state index contributed by atoms with van der Waals surface area (Å²) in [6.07, 6.45) is 7.18. The molecule has 1 fully saturated rings. The number of hydrogen-bond donors (Lipinski definition) is 2. The van der Waals surface area contributed by atoms with Gasteiger partial charge in [0, 0.05) is 35.2 Å². The number of ether oxygens (including phenoxy) is 3. The summed E-state index contributed by atoms with van der Waals surface area (Å²) in [7, 11) is 3.04. The Morgan fingerprint density at radius 1 is 1.09 bits per heavy atom. The van der Waals surface area contributed by atoms with E-state index in [-0.39, 0.29) is 5.82 Å². The van der Waals surface area contributed by atoms with Crippen molar-refractivity contribution in [1.29, 1.82) is 0 Å². The monoisotopic (exact) mass is 491 g/mol. The summed E-state index contributed by atoms with van der Waals surface area (Å²) in [5.74, 6) is 1.53. The number of methoxy groups -OCH3 is 2. The number of nitrogens with zero attached hydrogens (tertiary/aromatic N) is 3. The van der Waals surface area contributed by atoms with Gasteiger partial charge in [-0.25, -0.2) is 4.98 Å². The van der Waals surface area contributed by atoms with Crippen LogP contribution in [-0.4, -0.2) is 42.1 Å². The fourth-order valence-corrected chi connectivity index (χ4v) is 4.84. The van der Waals surface area contributed by atoms with E-state index < -0.39 is 6.10 Å². The van der Waals surface area contributed by atoms with E-state index in [0.717, 1.165) is 37.1 Å². The molecule has 0 amide bonds. The molecule has 0 aliphatic carbocycles. The van der Waals surface area contributed by atoms with Crippen molar-refractivity contribution in [2.45, 2.75) is 31.9 Å². The Morgan fingerprint density at radius 2 is 1.85 bits per heavy atom. The van der Waals surface area contributed by atoms with E-state index in [0.29, 0.717) is 38.9 Å². The molecule has 33 heavy (non-hydrogen) atoms. The van der Waals surface area contributed by atoms with Crippen LogP contribution in [-0.2, 0) is 0 Å². The second-order valence-corrected chi connectivity index (χ2v) is 8.66. The van der Waals surface area contributed by atoms with Gasteiger partial charge in [-0.3, -0.25) is 4.68 Å². The quantitative estimate of drug-likeness (QED) is 0.484. The normalized spacial score (nSPS) is 15.3. The second-order valence-electron chi connectivity index (χ2n) is 7.88. The van der Waals surface area contributed by atoms with Crippen LogP contribution < -0.4 is 25.3 Å². The standard InChI is InChI=1S/C23H27Cl2N5O3/c1-13(20-17(24)9-18(31-2)22(32-3)21(20)25)33-19-8-14(10-28-23(19)26)15-11-29-30(12-15)16-4-6-27-7-5-16/h8-13,16,27H,4-7H2,1-3H3,(H2,26,28). The van der Waals surface area contributed by atoms with Gasteiger partial charge in [-0.1, -0.05) is 23.2 Å². The molecule has 1 saturated heterocycles. The maximum atomic E-state index is 6.57. The molecule has 4 rings (SSSR count). The molecule has 2 aromatic heterocycles. The first-order valence-electron chi connectivity index (χ1n) is 10.7. The number of anilines is 1. The predicted octanol–water partition coefficient (Wildman–Crippen LogP) is 4.92. The van der Waals surface area contributed by atoms with Crippen molar-refractivity contribution in [3.63, 3.8) is 0 Å². The molecule has 3 N–H and O–H groups in total. The summed E-state index contributed by atoms with van der Waals surface area (Å²) in [5, 5.41) is 8.66. The van der Waals surface area contributed by atoms with E-state index in [1.807, 2.05) is 30.1 Å². The van der Waals surface area contributed by atoms with Gasteiger partial charge in [0.25, 0.3) is 0 Å². The molecule has 1 atom stereocenters. The third-order valence-electron chi connectivity index (χ3n) is 5.81. The SMILES string of the molecule is COc1cc(Cl)c(C(C)Oc2cc(-c3cnn(C4CCNCC4)c3)cnc2N)c(Cl)c1OC. The van der Waals surface area contributed by atoms with Crippen LogP contribution in [0.4, 0.5) is 5.82 Å². The molecule has 176 valence electrons. The first kappa shape index (κ1) is 23.5. The summed E-state index contributed by atoms with van der Waals surface area (Å²) in [6, 6.07) is 3.90. The minimum atomic E-state index is -0.526. The van der Waals surface area contributed by atoms with Crippen LogP contribution in [0.5, 0.6) is 17.2 Å². The summed E-state index contributed by atoms with van der Waals surface area (Å²) in [5.41, 5.74) is 8.49. The fraction of sp³-hybridized carbons (Fsp3) is 0.391. The molecule has 3 heterocycles. The Bertz CT molecular complexity index is 1130. The minimum Gasteiger partial charge on any atom is -0.493 e. The number of pyridine rings is 1. The highest BCUT2D eigenvalue weighted by atomic mass is 35.5. The van der Waals surface area contributed by atoms with Crippen molar-refractivity contribution in [3.8, 4) is 28.4 Å². The average molecular weight is 492 g/mol. The Labute approximate surface area is 202 Å². The van der Waals surface area contributed by atoms with E-state index in [1.54, 1.807) is 12.3 Å². The number of hydrogen-bond acceptors (Lipinski definition) is 7. The van der Waals surface area contributed by atoms with Crippen molar-refractivity contribution >= 4 is 29.0 Å². The zero-order valence-electron chi connectivity index (χ0n) is 18.8. The van der Waals surface area contributed by atoms with Gasteiger partial charge < -0.3 is 25.3 Å². The lowest BCUT2D eigenvalue weighted by molar-refractivity contribution is 0.227. The molecule has 1 aliphatic rings. The number of nitrogen functional groups attached to an aromatic ring is 1. The number of nitrogens with two attached hydrogens (primary N) is 1. The number of benzene rings is 1. The fourth-order valence-electron chi connectivity index (χ4n) is 4.02. The molecule has 1 aliphatic heterocycles. The number of halogens is 2. The Hall–Kier alpha value is -2.68. The first-order chi connectivity index (χ1) is 15.9. The Morgan fingerprint density at radius 3 is 2.55 bits per heavy atom. The smallest absolute Gasteiger partial charge is 0.179 e. The molecule has 10 heteroatoms. The minimum absolute atomic E-state index is 0.268. The molecular formula is C23H27Cl2N5O3. The van der Waals surface area contributed by atoms with Crippen LogP contribution in [0.3, 0.4) is 0 Å². The van der Waals surface area contributed by atoms with Crippen LogP contribution in [0.1, 0.15) is 37.5 Å². The molecule has 0 saturated carbocycles. The lowest BCUT2D eigenvalue weighted by Gasteiger charge is -2.22. The molecule has 1 aromatic carbocycles. The molecule has 8 nitrogen and oxygen atoms in total. The van der Waals surface area contributed by atoms with Crippen LogP contribution in [0.15, 0.2) is 30.7 Å². The Balaban J connectivity index is 1.60. The molecule has 1 unspecified atom stereocenters. The van der Waals surface area contributed by atoms with Crippen molar-refractivity contribution in [2.75, 3.05) is 33.0 Å². The van der Waals surface area contributed by atoms with Crippen molar-refractivity contribution in [2.24, 2.45) is 0 Å². The van der Waals surface area contributed by atoms with Crippen LogP contribution in [0.2, 0.25) is 10.0 Å². The summed E-state index contributed by atoms with van der Waals surface area (Å²) < 4.78 is 18.9. The number of piperidine rings is 1. The number of aromatic nitrogens is 3. The molecular weight excluding hydrogens is 465 g/mol. The van der Waals surface area contributed by atoms with Crippen LogP contribution in [0, 0.1) is 0 Å². The van der Waals surface area contributed by atoms with Gasteiger partial charge in [0.2, 0.25) is 0 Å². The van der Waals surface area contributed by atoms with Crippen molar-refractivity contribution in [3.05, 3.63) is 46.3 Å². The summed E-state index contributed by atoms with van der Waals surface area (Å²) >= 11 is 13.1. The van der Waals surface area contributed by atoms with Crippen molar-refractivity contribution < 1.29 is 14.2 Å². The van der Waals surface area contributed by atoms with Gasteiger partial charge in [-0.05, 0) is 38.9 Å². The van der Waals surface area contributed by atoms with Gasteiger partial charge in [0.1, 0.15) is 6.10 Å². The van der Waals surface area contributed by atoms with Gasteiger partial charge >= 0.3 is 0 Å². The zero-order valence-corrected chi connectivity index (χ0v) is 20.3. The molecule has 0 bridgehead atoms. The van der Waals surface area contributed by atoms with E-state index >= 15 is 0 Å². The highest BCUT2D eigenvalue weighted by molar-refractivity contribution is 6.37. The second kappa shape index (κ2) is 10.1. The maximum Gasteiger partial charge on any atom is 0.179 e. The topological polar surface area (TPSA) is 96.5 Å². The lowest BCUT2D eigenvalue weighted by atomic mass is 10.1. The zero-order chi connectivity index (χ0) is 23.5. The third-order valence-corrected chi connectivity index (χ3v) is 6.50. The van der Waals surface area contributed by atoms with Gasteiger partial charge in [0.15, 0.2) is 23.1 Å². The molecule has 0 spiro atoms. The first-order valence-corrected chi connectivity index (χ1v) is 11.5. The van der Waals surface area contributed by atoms with Crippen molar-refractivity contribution in [1.82, 2.24) is 20.1 Å². The Kier molecular flexibility index (Phi) is 7.17. The lowest BCUT2D eigenvalue weighted by Crippen LogP contribution is -2.29. The van der Waals surface area contributed by atoms with E-state index in [1.165, 1.54) is 14.2 Å². The average Bonchev–Trinajstić information content (AvgIpc) is 3.31. The summed E-state index contributed by atoms with van der Waals surface area (Å²) in [4.78, 5) is 4.32. The number of nitrogens with one attached hydrogen (secondary N) is 1. The van der Waals surface area contributed by atoms with Gasteiger partial charge in [-0.15, -0.1) is 0 Å². The largest absolute Gasteiger partial charge is 0.493 e. The predicted molar refractivity (Wildman–Crippen MR) is 130 cm³/mol. The van der Waals surface area contributed by atoms with Gasteiger partial charge in [-0.2, -0.15) is 5.10 Å². The maximum absolute atomic E-state index is 6.57. The van der Waals surface area contributed by atoms with E-state index in [2.05, 4.69) is 15.4 Å². The third kappa shape index (κ3) is 4.83. The summed E-state index contributed by atoms with van der Waals surface area (Å²) in [6.45, 7) is 3.83.